The Kier molecular flexibility index (Phi) is 7.80. The number of H-pyrrole nitrogens is 1. The Morgan fingerprint density at radius 1 is 1.18 bits per heavy atom. The van der Waals surface area contributed by atoms with Gasteiger partial charge in [0, 0.05) is 53.4 Å². The molecule has 1 aliphatic heterocycles. The largest absolute Gasteiger partial charge is 0.378 e. The Balaban J connectivity index is 1.39. The summed E-state index contributed by atoms with van der Waals surface area (Å²) in [7, 11) is 0. The number of thiophene rings is 1. The van der Waals surface area contributed by atoms with Crippen LogP contribution in [0.15, 0.2) is 42.9 Å². The van der Waals surface area contributed by atoms with Crippen molar-refractivity contribution >= 4 is 44.2 Å². The van der Waals surface area contributed by atoms with E-state index in [0.29, 0.717) is 37.1 Å². The van der Waals surface area contributed by atoms with Gasteiger partial charge in [0.15, 0.2) is 17.9 Å². The highest BCUT2D eigenvalue weighted by Gasteiger charge is 2.22. The summed E-state index contributed by atoms with van der Waals surface area (Å²) in [5.74, 6) is 2.15. The first kappa shape index (κ1) is 26.5. The molecule has 1 unspecified atom stereocenters. The molecule has 4 N–H and O–H groups in total. The number of nitrogens with one attached hydrogen (secondary N) is 2. The van der Waals surface area contributed by atoms with Crippen molar-refractivity contribution in [3.05, 3.63) is 53.3 Å². The molecule has 5 heterocycles. The zero-order valence-electron chi connectivity index (χ0n) is 22.1. The van der Waals surface area contributed by atoms with E-state index >= 15 is 0 Å². The van der Waals surface area contributed by atoms with Crippen LogP contribution in [-0.4, -0.2) is 73.3 Å². The highest BCUT2D eigenvalue weighted by Crippen LogP contribution is 2.36. The van der Waals surface area contributed by atoms with Gasteiger partial charge in [-0.3, -0.25) is 5.10 Å². The van der Waals surface area contributed by atoms with E-state index in [1.165, 1.54) is 12.4 Å². The van der Waals surface area contributed by atoms with Crippen molar-refractivity contribution < 1.29 is 15.1 Å². The summed E-state index contributed by atoms with van der Waals surface area (Å²) in [6, 6.07) is 8.16. The molecule has 13 heteroatoms. The van der Waals surface area contributed by atoms with Gasteiger partial charge in [0.1, 0.15) is 0 Å². The maximum atomic E-state index is 9.82. The number of aliphatic hydroxyl groups excluding tert-OH is 1. The number of aliphatic hydroxyl groups is 1. The van der Waals surface area contributed by atoms with Crippen LogP contribution in [0.5, 0.6) is 0 Å². The fourth-order valence-electron chi connectivity index (χ4n) is 4.81. The van der Waals surface area contributed by atoms with Gasteiger partial charge in [-0.25, -0.2) is 19.9 Å². The number of morpholine rings is 1. The number of hydrogen-bond acceptors (Lipinski definition) is 12. The Hall–Kier alpha value is -3.75. The summed E-state index contributed by atoms with van der Waals surface area (Å²) in [6.45, 7) is 6.40. The number of ether oxygens (including phenoxy) is 1. The third-order valence-corrected chi connectivity index (χ3v) is 8.05. The lowest BCUT2D eigenvalue weighted by Crippen LogP contribution is -2.36. The first-order valence-electron chi connectivity index (χ1n) is 13.3. The normalized spacial score (nSPS) is 14.7. The third-order valence-electron chi connectivity index (χ3n) is 6.95. The number of rotatable bonds is 10. The molecule has 0 radical (unpaired) electrons. The fourth-order valence-corrected chi connectivity index (χ4v) is 5.94. The first-order chi connectivity index (χ1) is 19.6. The summed E-state index contributed by atoms with van der Waals surface area (Å²) in [5, 5.41) is 27.1. The molecule has 0 saturated carbocycles. The van der Waals surface area contributed by atoms with Crippen molar-refractivity contribution in [2.45, 2.75) is 32.5 Å². The number of aromatic nitrogens is 6. The lowest BCUT2D eigenvalue weighted by atomic mass is 10.1. The van der Waals surface area contributed by atoms with Crippen LogP contribution in [-0.2, 0) is 11.3 Å². The molecule has 0 amide bonds. The minimum atomic E-state index is -1.24. The van der Waals surface area contributed by atoms with Gasteiger partial charge in [-0.1, -0.05) is 25.5 Å². The van der Waals surface area contributed by atoms with Crippen LogP contribution in [0.4, 0.5) is 11.8 Å². The Bertz CT molecular complexity index is 1580. The van der Waals surface area contributed by atoms with Gasteiger partial charge in [-0.15, -0.1) is 11.3 Å². The van der Waals surface area contributed by atoms with Gasteiger partial charge < -0.3 is 24.9 Å². The summed E-state index contributed by atoms with van der Waals surface area (Å²) in [6.07, 6.45) is 5.63. The maximum Gasteiger partial charge on any atom is 0.225 e. The van der Waals surface area contributed by atoms with Crippen LogP contribution in [0.3, 0.4) is 0 Å². The van der Waals surface area contributed by atoms with Crippen molar-refractivity contribution in [3.63, 3.8) is 0 Å². The number of anilines is 2. The topological polar surface area (TPSA) is 148 Å². The molecule has 1 saturated heterocycles. The van der Waals surface area contributed by atoms with E-state index in [0.717, 1.165) is 69.9 Å². The molecular formula is C27H31N9O3S. The van der Waals surface area contributed by atoms with Gasteiger partial charge >= 0.3 is 0 Å². The SMILES string of the molecule is CCCCN(Cc1cc2nc(-c3cccc4[nH]ncc34)nc(N3CCOCC3)c2s1)c1ncc(C(O)NO)cn1. The summed E-state index contributed by atoms with van der Waals surface area (Å²) in [5.41, 5.74) is 4.97. The Morgan fingerprint density at radius 2 is 2.00 bits per heavy atom. The van der Waals surface area contributed by atoms with Gasteiger partial charge in [0.25, 0.3) is 0 Å². The van der Waals surface area contributed by atoms with E-state index in [1.807, 2.05) is 29.9 Å². The number of hydroxylamine groups is 1. The van der Waals surface area contributed by atoms with Crippen LogP contribution < -0.4 is 15.3 Å². The first-order valence-corrected chi connectivity index (χ1v) is 14.2. The van der Waals surface area contributed by atoms with Crippen LogP contribution in [0, 0.1) is 0 Å². The number of fused-ring (bicyclic) bond motifs is 2. The van der Waals surface area contributed by atoms with Crippen molar-refractivity contribution in [2.75, 3.05) is 42.6 Å². The minimum absolute atomic E-state index is 0.383. The molecule has 40 heavy (non-hydrogen) atoms. The molecule has 208 valence electrons. The molecule has 12 nitrogen and oxygen atoms in total. The number of unbranched alkanes of at least 4 members (excludes halogenated alkanes) is 1. The van der Waals surface area contributed by atoms with E-state index in [1.54, 1.807) is 11.3 Å². The zero-order chi connectivity index (χ0) is 27.5. The molecule has 4 aromatic heterocycles. The predicted molar refractivity (Wildman–Crippen MR) is 153 cm³/mol. The minimum Gasteiger partial charge on any atom is -0.378 e. The number of aromatic amines is 1. The molecule has 6 rings (SSSR count). The van der Waals surface area contributed by atoms with Gasteiger partial charge in [-0.05, 0) is 18.6 Å². The molecule has 0 bridgehead atoms. The van der Waals surface area contributed by atoms with Crippen LogP contribution >= 0.6 is 11.3 Å². The molecule has 0 aliphatic carbocycles. The van der Waals surface area contributed by atoms with Crippen LogP contribution in [0.1, 0.15) is 36.4 Å². The smallest absolute Gasteiger partial charge is 0.225 e. The van der Waals surface area contributed by atoms with Gasteiger partial charge in [-0.2, -0.15) is 10.6 Å². The Labute approximate surface area is 234 Å². The summed E-state index contributed by atoms with van der Waals surface area (Å²) >= 11 is 1.69. The highest BCUT2D eigenvalue weighted by atomic mass is 32.1. The molecule has 1 fully saturated rings. The maximum absolute atomic E-state index is 9.82. The summed E-state index contributed by atoms with van der Waals surface area (Å²) in [4.78, 5) is 24.6. The average Bonchev–Trinajstić information content (AvgIpc) is 3.65. The highest BCUT2D eigenvalue weighted by molar-refractivity contribution is 7.19. The third kappa shape index (κ3) is 5.33. The van der Waals surface area contributed by atoms with Gasteiger partial charge in [0.2, 0.25) is 5.95 Å². The molecule has 0 spiro atoms. The molecule has 5 aromatic rings. The number of nitrogens with zero attached hydrogens (tertiary/aromatic N) is 7. The van der Waals surface area contributed by atoms with Crippen molar-refractivity contribution in [1.29, 1.82) is 0 Å². The molecule has 1 atom stereocenters. The number of hydrogen-bond donors (Lipinski definition) is 4. The molecule has 1 aromatic carbocycles. The van der Waals surface area contributed by atoms with E-state index in [2.05, 4.69) is 43.0 Å². The van der Waals surface area contributed by atoms with E-state index in [4.69, 9.17) is 19.9 Å². The summed E-state index contributed by atoms with van der Waals surface area (Å²) < 4.78 is 6.67. The number of benzene rings is 1. The second-order valence-corrected chi connectivity index (χ2v) is 10.8. The van der Waals surface area contributed by atoms with Crippen molar-refractivity contribution in [1.82, 2.24) is 35.6 Å². The molecular weight excluding hydrogens is 530 g/mol. The van der Waals surface area contributed by atoms with Crippen LogP contribution in [0.25, 0.3) is 32.5 Å². The second kappa shape index (κ2) is 11.8. The molecule has 1 aliphatic rings. The van der Waals surface area contributed by atoms with Crippen LogP contribution in [0.2, 0.25) is 0 Å². The monoisotopic (exact) mass is 561 g/mol. The zero-order valence-corrected chi connectivity index (χ0v) is 22.9. The standard InChI is InChI=1S/C27H31N9O3S/c1-2-3-7-36(27-28-13-17(14-29-27)26(37)34-38)16-18-12-22-23(40-18)25(35-8-10-39-11-9-35)32-24(31-22)19-5-4-6-21-20(19)15-30-33-21/h4-6,12-15,26,34,37-38H,2-3,7-11,16H2,1H3,(H,30,33). The fraction of sp³-hybridized carbons (Fsp3) is 0.370. The van der Waals surface area contributed by atoms with E-state index in [9.17, 15) is 5.11 Å². The average molecular weight is 562 g/mol. The lowest BCUT2D eigenvalue weighted by Gasteiger charge is -2.28. The van der Waals surface area contributed by atoms with Gasteiger partial charge in [0.05, 0.1) is 41.7 Å². The Morgan fingerprint density at radius 3 is 2.77 bits per heavy atom. The quantitative estimate of drug-likeness (QED) is 0.146. The second-order valence-electron chi connectivity index (χ2n) is 9.66. The van der Waals surface area contributed by atoms with Crippen molar-refractivity contribution in [2.24, 2.45) is 0 Å². The van der Waals surface area contributed by atoms with E-state index in [-0.39, 0.29) is 0 Å². The predicted octanol–water partition coefficient (Wildman–Crippen LogP) is 3.64. The van der Waals surface area contributed by atoms with Crippen molar-refractivity contribution in [3.8, 4) is 11.4 Å². The lowest BCUT2D eigenvalue weighted by molar-refractivity contribution is 0.000307. The van der Waals surface area contributed by atoms with E-state index < -0.39 is 6.23 Å².